The number of rotatable bonds is 5. The van der Waals surface area contributed by atoms with E-state index in [0.717, 1.165) is 16.4 Å². The molecule has 5 nitrogen and oxygen atoms in total. The molecule has 0 saturated carbocycles. The summed E-state index contributed by atoms with van der Waals surface area (Å²) in [5.74, 6) is 7.55. The van der Waals surface area contributed by atoms with Gasteiger partial charge in [0, 0.05) is 4.90 Å². The Morgan fingerprint density at radius 3 is 2.70 bits per heavy atom. The Hall–Kier alpha value is -1.92. The van der Waals surface area contributed by atoms with Crippen LogP contribution in [-0.2, 0) is 5.75 Å². The van der Waals surface area contributed by atoms with Crippen molar-refractivity contribution >= 4 is 17.7 Å². The molecular formula is C14H16N2O3S. The molecule has 1 aromatic heterocycles. The summed E-state index contributed by atoms with van der Waals surface area (Å²) in [5.41, 5.74) is 2.57. The van der Waals surface area contributed by atoms with Crippen LogP contribution in [0.5, 0.6) is 5.75 Å². The molecule has 1 aromatic carbocycles. The first-order valence-corrected chi connectivity index (χ1v) is 6.99. The monoisotopic (exact) mass is 292 g/mol. The third-order valence-corrected chi connectivity index (χ3v) is 3.82. The molecule has 0 unspecified atom stereocenters. The molecule has 2 rings (SSSR count). The van der Waals surface area contributed by atoms with Crippen LogP contribution in [0, 0.1) is 6.92 Å². The van der Waals surface area contributed by atoms with Crippen LogP contribution in [0.2, 0.25) is 0 Å². The first-order chi connectivity index (χ1) is 9.63. The molecule has 0 radical (unpaired) electrons. The SMILES string of the molecule is COc1ccc(SCc2cc(C(=O)NN)c(C)o2)cc1. The molecule has 0 aliphatic rings. The van der Waals surface area contributed by atoms with Crippen LogP contribution in [-0.4, -0.2) is 13.0 Å². The summed E-state index contributed by atoms with van der Waals surface area (Å²) in [4.78, 5) is 12.6. The first-order valence-electron chi connectivity index (χ1n) is 6.01. The average Bonchev–Trinajstić information content (AvgIpc) is 2.86. The van der Waals surface area contributed by atoms with Gasteiger partial charge in [-0.1, -0.05) is 0 Å². The zero-order valence-corrected chi connectivity index (χ0v) is 12.1. The fourth-order valence-electron chi connectivity index (χ4n) is 1.74. The minimum Gasteiger partial charge on any atom is -0.497 e. The van der Waals surface area contributed by atoms with Gasteiger partial charge in [-0.2, -0.15) is 0 Å². The van der Waals surface area contributed by atoms with Crippen molar-refractivity contribution in [1.29, 1.82) is 0 Å². The van der Waals surface area contributed by atoms with Crippen molar-refractivity contribution in [2.45, 2.75) is 17.6 Å². The Morgan fingerprint density at radius 2 is 2.10 bits per heavy atom. The zero-order chi connectivity index (χ0) is 14.5. The molecule has 0 saturated heterocycles. The Kier molecular flexibility index (Phi) is 4.70. The largest absolute Gasteiger partial charge is 0.497 e. The molecule has 0 spiro atoms. The number of hydrazine groups is 1. The predicted molar refractivity (Wildman–Crippen MR) is 77.7 cm³/mol. The number of ether oxygens (including phenoxy) is 1. The van der Waals surface area contributed by atoms with Crippen molar-refractivity contribution in [1.82, 2.24) is 5.43 Å². The summed E-state index contributed by atoms with van der Waals surface area (Å²) >= 11 is 1.62. The van der Waals surface area contributed by atoms with E-state index in [2.05, 4.69) is 5.43 Å². The lowest BCUT2D eigenvalue weighted by Crippen LogP contribution is -2.30. The molecule has 0 fully saturated rings. The van der Waals surface area contributed by atoms with Gasteiger partial charge in [0.1, 0.15) is 17.3 Å². The van der Waals surface area contributed by atoms with Crippen LogP contribution in [0.15, 0.2) is 39.6 Å². The van der Waals surface area contributed by atoms with Gasteiger partial charge in [-0.05, 0) is 37.3 Å². The van der Waals surface area contributed by atoms with E-state index in [4.69, 9.17) is 15.0 Å². The van der Waals surface area contributed by atoms with E-state index in [1.165, 1.54) is 0 Å². The third kappa shape index (κ3) is 3.34. The fraction of sp³-hybridized carbons (Fsp3) is 0.214. The predicted octanol–water partition coefficient (Wildman–Crippen LogP) is 2.49. The smallest absolute Gasteiger partial charge is 0.268 e. The molecule has 3 N–H and O–H groups in total. The number of aryl methyl sites for hydroxylation is 1. The van der Waals surface area contributed by atoms with E-state index in [-0.39, 0.29) is 5.91 Å². The van der Waals surface area contributed by atoms with Crippen molar-refractivity contribution in [3.8, 4) is 5.75 Å². The maximum Gasteiger partial charge on any atom is 0.268 e. The molecule has 6 heteroatoms. The van der Waals surface area contributed by atoms with Gasteiger partial charge in [0.25, 0.3) is 5.91 Å². The second-order valence-corrected chi connectivity index (χ2v) is 5.17. The standard InChI is InChI=1S/C14H16N2O3S/c1-9-13(14(17)16-15)7-11(19-9)8-20-12-5-3-10(18-2)4-6-12/h3-7H,8,15H2,1-2H3,(H,16,17). The molecule has 0 aliphatic heterocycles. The minimum absolute atomic E-state index is 0.341. The highest BCUT2D eigenvalue weighted by Gasteiger charge is 2.13. The van der Waals surface area contributed by atoms with Gasteiger partial charge >= 0.3 is 0 Å². The highest BCUT2D eigenvalue weighted by molar-refractivity contribution is 7.98. The fourth-order valence-corrected chi connectivity index (χ4v) is 2.52. The van der Waals surface area contributed by atoms with Crippen molar-refractivity contribution in [2.75, 3.05) is 7.11 Å². The summed E-state index contributed by atoms with van der Waals surface area (Å²) in [5, 5.41) is 0. The van der Waals surface area contributed by atoms with E-state index in [1.807, 2.05) is 24.3 Å². The maximum atomic E-state index is 11.5. The number of furan rings is 1. The molecule has 0 atom stereocenters. The van der Waals surface area contributed by atoms with E-state index >= 15 is 0 Å². The van der Waals surface area contributed by atoms with Crippen molar-refractivity contribution in [2.24, 2.45) is 5.84 Å². The summed E-state index contributed by atoms with van der Waals surface area (Å²) in [7, 11) is 1.64. The quantitative estimate of drug-likeness (QED) is 0.383. The number of amides is 1. The number of hydrogen-bond donors (Lipinski definition) is 2. The topological polar surface area (TPSA) is 77.5 Å². The van der Waals surface area contributed by atoms with E-state index in [1.54, 1.807) is 31.9 Å². The average molecular weight is 292 g/mol. The lowest BCUT2D eigenvalue weighted by molar-refractivity contribution is 0.0952. The molecule has 2 aromatic rings. The first kappa shape index (κ1) is 14.5. The van der Waals surface area contributed by atoms with Crippen molar-refractivity contribution < 1.29 is 13.9 Å². The van der Waals surface area contributed by atoms with Gasteiger partial charge < -0.3 is 9.15 Å². The lowest BCUT2D eigenvalue weighted by Gasteiger charge is -2.02. The van der Waals surface area contributed by atoms with Gasteiger partial charge in [0.15, 0.2) is 0 Å². The number of hydrogen-bond acceptors (Lipinski definition) is 5. The minimum atomic E-state index is -0.341. The molecule has 0 bridgehead atoms. The number of nitrogens with two attached hydrogens (primary N) is 1. The van der Waals surface area contributed by atoms with E-state index in [0.29, 0.717) is 17.1 Å². The number of nitrogen functional groups attached to an aromatic ring is 1. The summed E-state index contributed by atoms with van der Waals surface area (Å²) in [6, 6.07) is 9.49. The van der Waals surface area contributed by atoms with Gasteiger partial charge in [0.05, 0.1) is 18.4 Å². The second-order valence-electron chi connectivity index (χ2n) is 4.12. The molecule has 0 aliphatic carbocycles. The van der Waals surface area contributed by atoms with Gasteiger partial charge in [-0.15, -0.1) is 11.8 Å². The van der Waals surface area contributed by atoms with Crippen molar-refractivity contribution in [3.05, 3.63) is 47.4 Å². The van der Waals surface area contributed by atoms with Crippen LogP contribution in [0.1, 0.15) is 21.9 Å². The van der Waals surface area contributed by atoms with Crippen LogP contribution < -0.4 is 16.0 Å². The summed E-state index contributed by atoms with van der Waals surface area (Å²) in [6.07, 6.45) is 0. The number of carbonyl (C=O) groups is 1. The number of carbonyl (C=O) groups excluding carboxylic acids is 1. The highest BCUT2D eigenvalue weighted by atomic mass is 32.2. The Bertz CT molecular complexity index is 593. The molecule has 106 valence electrons. The maximum absolute atomic E-state index is 11.5. The van der Waals surface area contributed by atoms with Crippen LogP contribution in [0.25, 0.3) is 0 Å². The molecular weight excluding hydrogens is 276 g/mol. The zero-order valence-electron chi connectivity index (χ0n) is 11.3. The van der Waals surface area contributed by atoms with Gasteiger partial charge in [0.2, 0.25) is 0 Å². The lowest BCUT2D eigenvalue weighted by atomic mass is 10.2. The van der Waals surface area contributed by atoms with Gasteiger partial charge in [-0.25, -0.2) is 5.84 Å². The van der Waals surface area contributed by atoms with Crippen LogP contribution >= 0.6 is 11.8 Å². The Labute approximate surface area is 121 Å². The van der Waals surface area contributed by atoms with E-state index < -0.39 is 0 Å². The molecule has 1 heterocycles. The second kappa shape index (κ2) is 6.49. The van der Waals surface area contributed by atoms with Crippen molar-refractivity contribution in [3.63, 3.8) is 0 Å². The Balaban J connectivity index is 2.01. The number of nitrogens with one attached hydrogen (secondary N) is 1. The summed E-state index contributed by atoms with van der Waals surface area (Å²) in [6.45, 7) is 1.74. The Morgan fingerprint density at radius 1 is 1.40 bits per heavy atom. The highest BCUT2D eigenvalue weighted by Crippen LogP contribution is 2.26. The van der Waals surface area contributed by atoms with Gasteiger partial charge in [-0.3, -0.25) is 10.2 Å². The third-order valence-electron chi connectivity index (χ3n) is 2.79. The molecule has 20 heavy (non-hydrogen) atoms. The number of benzene rings is 1. The van der Waals surface area contributed by atoms with E-state index in [9.17, 15) is 4.79 Å². The number of methoxy groups -OCH3 is 1. The summed E-state index contributed by atoms with van der Waals surface area (Å²) < 4.78 is 10.6. The normalized spacial score (nSPS) is 10.3. The molecule has 1 amide bonds. The number of thioether (sulfide) groups is 1. The van der Waals surface area contributed by atoms with Crippen LogP contribution in [0.3, 0.4) is 0 Å². The van der Waals surface area contributed by atoms with Crippen LogP contribution in [0.4, 0.5) is 0 Å².